The Bertz CT molecular complexity index is 1190. The van der Waals surface area contributed by atoms with Gasteiger partial charge in [-0.05, 0) is 54.1 Å². The van der Waals surface area contributed by atoms with Gasteiger partial charge in [0.25, 0.3) is 5.91 Å². The third kappa shape index (κ3) is 5.54. The number of rotatable bonds is 7. The molecule has 3 rings (SSSR count). The first-order chi connectivity index (χ1) is 14.7. The van der Waals surface area contributed by atoms with E-state index in [0.29, 0.717) is 10.6 Å². The summed E-state index contributed by atoms with van der Waals surface area (Å²) in [7, 11) is -0.708. The Morgan fingerprint density at radius 1 is 1.00 bits per heavy atom. The standard InChI is InChI=1S/C21H19FN2O5S2/c1-24(2)31(27,28)17-9-7-16(8-10-17)23-20(25)13-29-21(26)19-12-11-18(30-19)14-3-5-15(22)6-4-14/h3-12H,13H2,1-2H3,(H,23,25). The van der Waals surface area contributed by atoms with E-state index >= 15 is 0 Å². The number of amides is 1. The number of hydrogen-bond donors (Lipinski definition) is 1. The molecule has 31 heavy (non-hydrogen) atoms. The molecule has 0 saturated carbocycles. The largest absolute Gasteiger partial charge is 0.451 e. The molecule has 0 atom stereocenters. The van der Waals surface area contributed by atoms with Crippen molar-refractivity contribution in [1.82, 2.24) is 4.31 Å². The van der Waals surface area contributed by atoms with Gasteiger partial charge in [0.05, 0.1) is 4.90 Å². The summed E-state index contributed by atoms with van der Waals surface area (Å²) in [6, 6.07) is 14.8. The highest BCUT2D eigenvalue weighted by molar-refractivity contribution is 7.89. The molecule has 1 amide bonds. The molecule has 3 aromatic rings. The molecule has 162 valence electrons. The number of carbonyl (C=O) groups excluding carboxylic acids is 2. The summed E-state index contributed by atoms with van der Waals surface area (Å²) in [6.07, 6.45) is 0. The van der Waals surface area contributed by atoms with E-state index in [1.54, 1.807) is 24.3 Å². The molecule has 0 radical (unpaired) electrons. The van der Waals surface area contributed by atoms with Crippen LogP contribution in [0.3, 0.4) is 0 Å². The summed E-state index contributed by atoms with van der Waals surface area (Å²) in [4.78, 5) is 25.4. The van der Waals surface area contributed by atoms with Crippen LogP contribution in [0.5, 0.6) is 0 Å². The molecule has 0 spiro atoms. The molecule has 7 nitrogen and oxygen atoms in total. The van der Waals surface area contributed by atoms with Crippen LogP contribution in [0.4, 0.5) is 10.1 Å². The van der Waals surface area contributed by atoms with E-state index in [-0.39, 0.29) is 10.7 Å². The Morgan fingerprint density at radius 3 is 2.26 bits per heavy atom. The van der Waals surface area contributed by atoms with Crippen molar-refractivity contribution >= 4 is 38.9 Å². The summed E-state index contributed by atoms with van der Waals surface area (Å²) in [5.41, 5.74) is 1.14. The number of ether oxygens (including phenoxy) is 1. The number of thiophene rings is 1. The van der Waals surface area contributed by atoms with E-state index < -0.39 is 28.5 Å². The van der Waals surface area contributed by atoms with E-state index in [4.69, 9.17) is 4.74 Å². The first kappa shape index (κ1) is 22.6. The summed E-state index contributed by atoms with van der Waals surface area (Å²) >= 11 is 1.17. The smallest absolute Gasteiger partial charge is 0.348 e. The highest BCUT2D eigenvalue weighted by Crippen LogP contribution is 2.28. The zero-order valence-corrected chi connectivity index (χ0v) is 18.3. The van der Waals surface area contributed by atoms with Crippen LogP contribution < -0.4 is 5.32 Å². The fraction of sp³-hybridized carbons (Fsp3) is 0.143. The number of hydrogen-bond acceptors (Lipinski definition) is 6. The minimum atomic E-state index is -3.56. The molecule has 0 unspecified atom stereocenters. The van der Waals surface area contributed by atoms with Crippen LogP contribution in [0.1, 0.15) is 9.67 Å². The lowest BCUT2D eigenvalue weighted by atomic mass is 10.2. The SMILES string of the molecule is CN(C)S(=O)(=O)c1ccc(NC(=O)COC(=O)c2ccc(-c3ccc(F)cc3)s2)cc1. The molecule has 1 heterocycles. The van der Waals surface area contributed by atoms with Crippen LogP contribution in [0.25, 0.3) is 10.4 Å². The second-order valence-electron chi connectivity index (χ2n) is 6.61. The zero-order valence-electron chi connectivity index (χ0n) is 16.7. The molecule has 0 fully saturated rings. The van der Waals surface area contributed by atoms with Crippen LogP contribution in [-0.2, 0) is 19.6 Å². The molecule has 2 aromatic carbocycles. The van der Waals surface area contributed by atoms with E-state index in [0.717, 1.165) is 14.7 Å². The number of carbonyl (C=O) groups is 2. The number of halogens is 1. The zero-order chi connectivity index (χ0) is 22.6. The minimum Gasteiger partial charge on any atom is -0.451 e. The lowest BCUT2D eigenvalue weighted by molar-refractivity contribution is -0.119. The van der Waals surface area contributed by atoms with Gasteiger partial charge >= 0.3 is 5.97 Å². The fourth-order valence-electron chi connectivity index (χ4n) is 2.54. The van der Waals surface area contributed by atoms with Crippen molar-refractivity contribution in [3.05, 3.63) is 71.4 Å². The molecule has 0 saturated heterocycles. The second-order valence-corrected chi connectivity index (χ2v) is 9.84. The first-order valence-electron chi connectivity index (χ1n) is 9.02. The maximum Gasteiger partial charge on any atom is 0.348 e. The summed E-state index contributed by atoms with van der Waals surface area (Å²) in [6.45, 7) is -0.500. The maximum atomic E-state index is 13.0. The summed E-state index contributed by atoms with van der Waals surface area (Å²) < 4.78 is 43.3. The number of nitrogens with one attached hydrogen (secondary N) is 1. The predicted molar refractivity (Wildman–Crippen MR) is 116 cm³/mol. The lowest BCUT2D eigenvalue weighted by Crippen LogP contribution is -2.22. The van der Waals surface area contributed by atoms with E-state index in [9.17, 15) is 22.4 Å². The number of sulfonamides is 1. The molecule has 10 heteroatoms. The van der Waals surface area contributed by atoms with E-state index in [1.165, 1.54) is 61.8 Å². The maximum absolute atomic E-state index is 13.0. The van der Waals surface area contributed by atoms with E-state index in [2.05, 4.69) is 5.32 Å². The van der Waals surface area contributed by atoms with Crippen LogP contribution >= 0.6 is 11.3 Å². The predicted octanol–water partition coefficient (Wildman–Crippen LogP) is 3.60. The molecule has 0 aliphatic rings. The van der Waals surface area contributed by atoms with Crippen molar-refractivity contribution in [3.8, 4) is 10.4 Å². The van der Waals surface area contributed by atoms with E-state index in [1.807, 2.05) is 0 Å². The van der Waals surface area contributed by atoms with Gasteiger partial charge in [-0.2, -0.15) is 0 Å². The molecule has 1 N–H and O–H groups in total. The first-order valence-corrected chi connectivity index (χ1v) is 11.3. The monoisotopic (exact) mass is 462 g/mol. The van der Waals surface area contributed by atoms with Crippen molar-refractivity contribution in [3.63, 3.8) is 0 Å². The highest BCUT2D eigenvalue weighted by Gasteiger charge is 2.17. The normalized spacial score (nSPS) is 11.4. The van der Waals surface area contributed by atoms with Gasteiger partial charge in [0.15, 0.2) is 6.61 Å². The average Bonchev–Trinajstić information content (AvgIpc) is 3.23. The fourth-order valence-corrected chi connectivity index (χ4v) is 4.34. The summed E-state index contributed by atoms with van der Waals surface area (Å²) in [5, 5.41) is 2.54. The minimum absolute atomic E-state index is 0.0941. The Kier molecular flexibility index (Phi) is 6.84. The van der Waals surface area contributed by atoms with Crippen molar-refractivity contribution in [2.75, 3.05) is 26.0 Å². The number of anilines is 1. The van der Waals surface area contributed by atoms with Gasteiger partial charge in [-0.15, -0.1) is 11.3 Å². The third-order valence-electron chi connectivity index (χ3n) is 4.19. The number of esters is 1. The number of benzene rings is 2. The van der Waals surface area contributed by atoms with Gasteiger partial charge < -0.3 is 10.1 Å². The van der Waals surface area contributed by atoms with Crippen LogP contribution in [0.2, 0.25) is 0 Å². The van der Waals surface area contributed by atoms with Crippen molar-refractivity contribution in [1.29, 1.82) is 0 Å². The van der Waals surface area contributed by atoms with Gasteiger partial charge in [-0.3, -0.25) is 4.79 Å². The van der Waals surface area contributed by atoms with Crippen LogP contribution in [0.15, 0.2) is 65.6 Å². The molecular weight excluding hydrogens is 443 g/mol. The molecular formula is C21H19FN2O5S2. The number of nitrogens with zero attached hydrogens (tertiary/aromatic N) is 1. The van der Waals surface area contributed by atoms with Crippen molar-refractivity contribution < 1.29 is 27.1 Å². The lowest BCUT2D eigenvalue weighted by Gasteiger charge is -2.12. The third-order valence-corrected chi connectivity index (χ3v) is 7.13. The topological polar surface area (TPSA) is 92.8 Å². The van der Waals surface area contributed by atoms with Gasteiger partial charge in [0.2, 0.25) is 10.0 Å². The second kappa shape index (κ2) is 9.38. The quantitative estimate of drug-likeness (QED) is 0.542. The Labute approximate surface area is 183 Å². The Hall–Kier alpha value is -3.08. The summed E-state index contributed by atoms with van der Waals surface area (Å²) in [5.74, 6) is -1.56. The molecule has 0 aliphatic heterocycles. The molecule has 0 aliphatic carbocycles. The van der Waals surface area contributed by atoms with Crippen LogP contribution in [-0.4, -0.2) is 45.3 Å². The van der Waals surface area contributed by atoms with Gasteiger partial charge in [0, 0.05) is 24.7 Å². The van der Waals surface area contributed by atoms with Gasteiger partial charge in [-0.25, -0.2) is 21.9 Å². The van der Waals surface area contributed by atoms with Crippen molar-refractivity contribution in [2.24, 2.45) is 0 Å². The van der Waals surface area contributed by atoms with Gasteiger partial charge in [0.1, 0.15) is 10.7 Å². The molecule has 0 bridgehead atoms. The highest BCUT2D eigenvalue weighted by atomic mass is 32.2. The van der Waals surface area contributed by atoms with Crippen LogP contribution in [0, 0.1) is 5.82 Å². The molecule has 1 aromatic heterocycles. The average molecular weight is 463 g/mol. The Balaban J connectivity index is 1.55. The van der Waals surface area contributed by atoms with Crippen molar-refractivity contribution in [2.45, 2.75) is 4.90 Å². The Morgan fingerprint density at radius 2 is 1.65 bits per heavy atom. The van der Waals surface area contributed by atoms with Gasteiger partial charge in [-0.1, -0.05) is 12.1 Å².